The Bertz CT molecular complexity index is 2760. The van der Waals surface area contributed by atoms with Crippen LogP contribution in [0.2, 0.25) is 0 Å². The number of carboxylic acids is 3. The Morgan fingerprint density at radius 2 is 1.39 bits per heavy atom. The van der Waals surface area contributed by atoms with Crippen molar-refractivity contribution in [3.8, 4) is 12.1 Å². The van der Waals surface area contributed by atoms with Crippen molar-refractivity contribution in [2.24, 2.45) is 0 Å². The van der Waals surface area contributed by atoms with E-state index in [0.29, 0.717) is 36.5 Å². The van der Waals surface area contributed by atoms with Gasteiger partial charge in [0.2, 0.25) is 35.4 Å². The molecule has 0 bridgehead atoms. The number of rotatable bonds is 37. The molecule has 10 N–H and O–H groups in total. The van der Waals surface area contributed by atoms with Gasteiger partial charge in [-0.25, -0.2) is 14.4 Å². The van der Waals surface area contributed by atoms with Crippen molar-refractivity contribution in [1.29, 1.82) is 10.5 Å². The molecule has 83 heavy (non-hydrogen) atoms. The molecule has 450 valence electrons. The number of carbonyl (C=O) groups excluding carboxylic acids is 7. The van der Waals surface area contributed by atoms with Crippen molar-refractivity contribution >= 4 is 70.2 Å². The number of aliphatic carboxylic acids is 3. The Morgan fingerprint density at radius 3 is 2.05 bits per heavy atom. The molecule has 2 aromatic rings. The van der Waals surface area contributed by atoms with Gasteiger partial charge in [0.15, 0.2) is 0 Å². The number of nitriles is 2. The van der Waals surface area contributed by atoms with Crippen LogP contribution in [0.1, 0.15) is 83.6 Å². The summed E-state index contributed by atoms with van der Waals surface area (Å²) in [7, 11) is 0. The quantitative estimate of drug-likeness (QED) is 0.0419. The maximum absolute atomic E-state index is 14.0. The van der Waals surface area contributed by atoms with Gasteiger partial charge in [0.05, 0.1) is 75.9 Å². The molecule has 1 unspecified atom stereocenters. The average Bonchev–Trinajstić information content (AvgIpc) is 4.01. The highest BCUT2D eigenvalue weighted by Crippen LogP contribution is 2.29. The van der Waals surface area contributed by atoms with Gasteiger partial charge in [-0.3, -0.25) is 33.6 Å². The van der Waals surface area contributed by atoms with Crippen LogP contribution in [0.3, 0.4) is 0 Å². The Labute approximate surface area is 479 Å². The molecule has 8 amide bonds. The van der Waals surface area contributed by atoms with Crippen molar-refractivity contribution in [2.45, 2.75) is 120 Å². The lowest BCUT2D eigenvalue weighted by Crippen LogP contribution is -2.52. The highest BCUT2D eigenvalue weighted by atomic mass is 16.5. The number of benzene rings is 2. The van der Waals surface area contributed by atoms with Gasteiger partial charge in [0.25, 0.3) is 0 Å². The Kier molecular flexibility index (Phi) is 28.6. The second-order valence-electron chi connectivity index (χ2n) is 19.9. The van der Waals surface area contributed by atoms with Gasteiger partial charge in [0.1, 0.15) is 24.2 Å². The molecule has 0 spiro atoms. The van der Waals surface area contributed by atoms with Crippen LogP contribution in [0.15, 0.2) is 65.8 Å². The maximum Gasteiger partial charge on any atom is 0.326 e. The molecule has 1 aliphatic carbocycles. The molecule has 1 saturated heterocycles. The van der Waals surface area contributed by atoms with Gasteiger partial charge >= 0.3 is 23.9 Å². The van der Waals surface area contributed by atoms with E-state index in [1.54, 1.807) is 19.1 Å². The largest absolute Gasteiger partial charge is 0.481 e. The minimum absolute atomic E-state index is 0.00462. The molecule has 1 fully saturated rings. The first-order valence-electron chi connectivity index (χ1n) is 27.2. The van der Waals surface area contributed by atoms with E-state index in [9.17, 15) is 68.7 Å². The number of carbonyl (C=O) groups is 10. The third-order valence-corrected chi connectivity index (χ3v) is 13.1. The van der Waals surface area contributed by atoms with Gasteiger partial charge < -0.3 is 76.4 Å². The number of amides is 8. The van der Waals surface area contributed by atoms with E-state index >= 15 is 0 Å². The molecule has 2 aliphatic rings. The lowest BCUT2D eigenvalue weighted by molar-refractivity contribution is -0.141. The average molecular weight is 1160 g/mol. The molecular weight excluding hydrogens is 1080 g/mol. The zero-order valence-corrected chi connectivity index (χ0v) is 46.5. The van der Waals surface area contributed by atoms with Gasteiger partial charge in [0, 0.05) is 70.5 Å². The van der Waals surface area contributed by atoms with E-state index in [1.165, 1.54) is 17.9 Å². The predicted molar refractivity (Wildman–Crippen MR) is 294 cm³/mol. The van der Waals surface area contributed by atoms with E-state index in [1.807, 2.05) is 42.5 Å². The number of hydrogen-bond acceptors (Lipinski definition) is 16. The third-order valence-electron chi connectivity index (χ3n) is 13.1. The smallest absolute Gasteiger partial charge is 0.326 e. The fourth-order valence-electron chi connectivity index (χ4n) is 9.00. The standard InChI is InChI=1S/C56H74N10O17/c1-36(67)59-18-21-81-23-25-82-24-22-80-20-16-49(70)66-35-42(62-47(68)11-7-19-83-56(2)30-38(32-57)26-39(31-56)33-58)29-46(66)52(74)61-34-48(69)63-45(28-37-12-13-40-8-3-4-9-41(40)27-37)51(73)60-17-6-5-10-43(53(75)76)64-55(79)65-44(54(77)78)14-15-50(71)72/h3-4,8-9,12-13,26-27,30,42-46H,5-7,10-11,14-25,28-29,31,34-35H2,1-2H3,(H,59,67)(H,60,73)(H,61,74)(H,62,68)(H,63,69)(H,71,72)(H,75,76)(H,77,78)(H2,64,65,79)/t42-,43+,44+,45+,46+,56?/m1/s1. The van der Waals surface area contributed by atoms with Gasteiger partial charge in [-0.15, -0.1) is 0 Å². The first kappa shape index (κ1) is 67.0. The van der Waals surface area contributed by atoms with Gasteiger partial charge in [-0.2, -0.15) is 10.5 Å². The number of allylic oxidation sites excluding steroid dienone is 2. The summed E-state index contributed by atoms with van der Waals surface area (Å²) in [6.45, 7) is 4.22. The second-order valence-corrected chi connectivity index (χ2v) is 19.9. The van der Waals surface area contributed by atoms with Crippen LogP contribution in [-0.2, 0) is 68.5 Å². The number of urea groups is 1. The first-order chi connectivity index (χ1) is 39.7. The van der Waals surface area contributed by atoms with Crippen molar-refractivity contribution in [2.75, 3.05) is 72.4 Å². The summed E-state index contributed by atoms with van der Waals surface area (Å²) in [6, 6.07) is 9.97. The topological polar surface area (TPSA) is 403 Å². The van der Waals surface area contributed by atoms with Crippen LogP contribution in [0.5, 0.6) is 0 Å². The molecule has 4 rings (SSSR count). The Balaban J connectivity index is 1.35. The fourth-order valence-corrected chi connectivity index (χ4v) is 9.00. The van der Waals surface area contributed by atoms with Crippen LogP contribution in [0, 0.1) is 22.7 Å². The monoisotopic (exact) mass is 1160 g/mol. The predicted octanol–water partition coefficient (Wildman–Crippen LogP) is 0.861. The van der Waals surface area contributed by atoms with E-state index in [-0.39, 0.29) is 116 Å². The number of likely N-dealkylation sites (tertiary alicyclic amines) is 1. The molecule has 1 aliphatic heterocycles. The highest BCUT2D eigenvalue weighted by Gasteiger charge is 2.40. The van der Waals surface area contributed by atoms with Crippen molar-refractivity contribution in [1.82, 2.24) is 42.1 Å². The summed E-state index contributed by atoms with van der Waals surface area (Å²) in [5.74, 6) is -7.28. The van der Waals surface area contributed by atoms with Crippen molar-refractivity contribution in [3.63, 3.8) is 0 Å². The molecule has 2 aromatic carbocycles. The van der Waals surface area contributed by atoms with Gasteiger partial charge in [-0.05, 0) is 73.9 Å². The zero-order valence-electron chi connectivity index (χ0n) is 46.5. The fraction of sp³-hybridized carbons (Fsp3) is 0.536. The SMILES string of the molecule is CC(=O)NCCOCCOCCOCCC(=O)N1C[C@H](NC(=O)CCCOC2(C)C=C(C#N)C=C(C#N)C2)C[C@H]1C(=O)NCC(=O)N[C@@H](Cc1ccc2ccccc2c1)C(=O)NCCCC[C@H](NC(=O)N[C@@H](CCC(=O)O)C(=O)O)C(=O)O. The van der Waals surface area contributed by atoms with Crippen molar-refractivity contribution in [3.05, 3.63) is 71.3 Å². The van der Waals surface area contributed by atoms with E-state index in [0.717, 1.165) is 10.8 Å². The number of fused-ring (bicyclic) bond motifs is 1. The number of nitrogens with zero attached hydrogens (tertiary/aromatic N) is 3. The molecule has 1 heterocycles. The molecule has 6 atom stereocenters. The number of carboxylic acid groups (broad SMARTS) is 3. The molecule has 0 aromatic heterocycles. The minimum atomic E-state index is -1.58. The Morgan fingerprint density at radius 1 is 0.711 bits per heavy atom. The number of ether oxygens (including phenoxy) is 4. The van der Waals surface area contributed by atoms with Crippen LogP contribution < -0.4 is 37.2 Å². The summed E-state index contributed by atoms with van der Waals surface area (Å²) >= 11 is 0. The summed E-state index contributed by atoms with van der Waals surface area (Å²) in [5.41, 5.74) is 0.441. The summed E-state index contributed by atoms with van der Waals surface area (Å²) < 4.78 is 22.5. The normalized spacial score (nSPS) is 17.4. The number of hydrogen-bond donors (Lipinski definition) is 10. The minimum Gasteiger partial charge on any atom is -0.481 e. The number of nitrogens with one attached hydrogen (secondary N) is 7. The third kappa shape index (κ3) is 25.0. The van der Waals surface area contributed by atoms with Crippen LogP contribution in [0.4, 0.5) is 4.79 Å². The Hall–Kier alpha value is -8.50. The van der Waals surface area contributed by atoms with Crippen LogP contribution in [0.25, 0.3) is 10.8 Å². The van der Waals surface area contributed by atoms with Gasteiger partial charge in [-0.1, -0.05) is 42.5 Å². The molecule has 27 heteroatoms. The lowest BCUT2D eigenvalue weighted by Gasteiger charge is -2.29. The van der Waals surface area contributed by atoms with E-state index in [2.05, 4.69) is 43.3 Å². The molecule has 27 nitrogen and oxygen atoms in total. The van der Waals surface area contributed by atoms with E-state index in [4.69, 9.17) is 24.1 Å². The first-order valence-corrected chi connectivity index (χ1v) is 27.2. The molecule has 0 saturated carbocycles. The van der Waals surface area contributed by atoms with Crippen LogP contribution >= 0.6 is 0 Å². The summed E-state index contributed by atoms with van der Waals surface area (Å²) in [4.78, 5) is 127. The van der Waals surface area contributed by atoms with Crippen molar-refractivity contribution < 1.29 is 82.2 Å². The summed E-state index contributed by atoms with van der Waals surface area (Å²) in [5, 5.41) is 66.3. The second kappa shape index (κ2) is 35.4. The molecule has 0 radical (unpaired) electrons. The lowest BCUT2D eigenvalue weighted by atomic mass is 9.88. The molecular formula is C56H74N10O17. The maximum atomic E-state index is 14.0. The van der Waals surface area contributed by atoms with E-state index < -0.39 is 103 Å². The highest BCUT2D eigenvalue weighted by molar-refractivity contribution is 5.93. The zero-order chi connectivity index (χ0) is 60.7. The number of unbranched alkanes of at least 4 members (excludes halogenated alkanes) is 1. The van der Waals surface area contributed by atoms with Crippen LogP contribution in [-0.4, -0.2) is 188 Å². The summed E-state index contributed by atoms with van der Waals surface area (Å²) in [6.07, 6.45) is 2.79.